The first-order chi connectivity index (χ1) is 13.0. The Morgan fingerprint density at radius 2 is 1.41 bits per heavy atom. The molecule has 0 aliphatic carbocycles. The van der Waals surface area contributed by atoms with Crippen molar-refractivity contribution >= 4 is 27.1 Å². The van der Waals surface area contributed by atoms with E-state index >= 15 is 0 Å². The van der Waals surface area contributed by atoms with Crippen molar-refractivity contribution in [1.82, 2.24) is 0 Å². The molecule has 0 amide bonds. The van der Waals surface area contributed by atoms with E-state index in [-0.39, 0.29) is 18.3 Å². The number of rotatable bonds is 7. The molecular weight excluding hydrogens is 374 g/mol. The van der Waals surface area contributed by atoms with Gasteiger partial charge in [-0.2, -0.15) is 0 Å². The molecule has 1 heterocycles. The van der Waals surface area contributed by atoms with Crippen molar-refractivity contribution in [3.63, 3.8) is 0 Å². The lowest BCUT2D eigenvalue weighted by molar-refractivity contribution is 0.0198. The van der Waals surface area contributed by atoms with Gasteiger partial charge in [-0.15, -0.1) is 0 Å². The molecule has 0 spiro atoms. The first kappa shape index (κ1) is 20.9. The third-order valence-electron chi connectivity index (χ3n) is 4.64. The number of hydrogen-bond donors (Lipinski definition) is 0. The maximum atomic E-state index is 6.16. The molecule has 1 saturated heterocycles. The molecule has 1 fully saturated rings. The van der Waals surface area contributed by atoms with Crippen molar-refractivity contribution in [2.24, 2.45) is 0 Å². The van der Waals surface area contributed by atoms with Crippen LogP contribution in [0, 0.1) is 0 Å². The van der Waals surface area contributed by atoms with Gasteiger partial charge in [-0.05, 0) is 51.4 Å². The highest BCUT2D eigenvalue weighted by Crippen LogP contribution is 2.49. The van der Waals surface area contributed by atoms with Crippen LogP contribution < -0.4 is 10.6 Å². The minimum atomic E-state index is -1.24. The Morgan fingerprint density at radius 1 is 0.926 bits per heavy atom. The van der Waals surface area contributed by atoms with Gasteiger partial charge in [0, 0.05) is 6.42 Å². The normalized spacial score (nSPS) is 25.3. The largest absolute Gasteiger partial charge is 0.333 e. The van der Waals surface area contributed by atoms with Crippen molar-refractivity contribution in [3.8, 4) is 0 Å². The summed E-state index contributed by atoms with van der Waals surface area (Å²) in [4.78, 5) is 0. The summed E-state index contributed by atoms with van der Waals surface area (Å²) in [5.41, 5.74) is 0.495. The topological polar surface area (TPSA) is 27.7 Å². The summed E-state index contributed by atoms with van der Waals surface area (Å²) in [6.45, 7) is 8.66. The van der Waals surface area contributed by atoms with E-state index in [4.69, 9.17) is 13.6 Å². The number of benzene rings is 2. The molecule has 1 aliphatic rings. The minimum absolute atomic E-state index is 0.0982. The molecular formula is C22H30O3P2. The summed E-state index contributed by atoms with van der Waals surface area (Å²) in [6, 6.07) is 21.7. The molecule has 146 valence electrons. The predicted molar refractivity (Wildman–Crippen MR) is 116 cm³/mol. The molecule has 3 nitrogen and oxygen atoms in total. The van der Waals surface area contributed by atoms with Gasteiger partial charge in [-0.3, -0.25) is 0 Å². The fraction of sp³-hybridized carbons (Fsp3) is 0.455. The lowest BCUT2D eigenvalue weighted by atomic mass is 10.2. The molecule has 0 radical (unpaired) electrons. The molecule has 0 N–H and O–H groups in total. The lowest BCUT2D eigenvalue weighted by Crippen LogP contribution is -2.26. The highest BCUT2D eigenvalue weighted by Gasteiger charge is 2.30. The van der Waals surface area contributed by atoms with Crippen LogP contribution in [0.25, 0.3) is 0 Å². The molecule has 1 aliphatic heterocycles. The van der Waals surface area contributed by atoms with Crippen LogP contribution in [-0.4, -0.2) is 24.0 Å². The van der Waals surface area contributed by atoms with Crippen LogP contribution in [0.3, 0.4) is 0 Å². The van der Waals surface area contributed by atoms with Gasteiger partial charge < -0.3 is 13.6 Å². The van der Waals surface area contributed by atoms with Crippen molar-refractivity contribution in [2.45, 2.75) is 64.5 Å². The second-order valence-corrected chi connectivity index (χ2v) is 11.1. The lowest BCUT2D eigenvalue weighted by Gasteiger charge is -2.33. The maximum absolute atomic E-state index is 6.16. The van der Waals surface area contributed by atoms with E-state index < -0.39 is 16.5 Å². The fourth-order valence-electron chi connectivity index (χ4n) is 3.53. The van der Waals surface area contributed by atoms with Crippen LogP contribution in [0.15, 0.2) is 60.7 Å². The smallest absolute Gasteiger partial charge is 0.309 e. The van der Waals surface area contributed by atoms with Gasteiger partial charge in [0.05, 0.1) is 18.3 Å². The van der Waals surface area contributed by atoms with Gasteiger partial charge in [-0.25, -0.2) is 0 Å². The predicted octanol–water partition coefficient (Wildman–Crippen LogP) is 5.74. The van der Waals surface area contributed by atoms with E-state index in [1.165, 1.54) is 10.6 Å². The van der Waals surface area contributed by atoms with Crippen molar-refractivity contribution in [3.05, 3.63) is 60.7 Å². The molecule has 5 heteroatoms. The summed E-state index contributed by atoms with van der Waals surface area (Å²) >= 11 is 0. The average molecular weight is 404 g/mol. The summed E-state index contributed by atoms with van der Waals surface area (Å²) in [5, 5.41) is 2.83. The average Bonchev–Trinajstić information content (AvgIpc) is 2.62. The Hall–Kier alpha value is -0.820. The van der Waals surface area contributed by atoms with Crippen LogP contribution in [-0.2, 0) is 13.6 Å². The van der Waals surface area contributed by atoms with Gasteiger partial charge in [0.25, 0.3) is 0 Å². The Labute approximate surface area is 166 Å². The Balaban J connectivity index is 1.68. The molecule has 0 saturated carbocycles. The van der Waals surface area contributed by atoms with Crippen LogP contribution in [0.2, 0.25) is 0 Å². The maximum Gasteiger partial charge on any atom is 0.333 e. The zero-order chi connectivity index (χ0) is 19.2. The third kappa shape index (κ3) is 6.08. The molecule has 0 bridgehead atoms. The highest BCUT2D eigenvalue weighted by atomic mass is 31.2. The second-order valence-electron chi connectivity index (χ2n) is 7.33. The SMILES string of the molecule is C[C@@H]1C[C@@H](C)OP(O[C@@H](C)C[C@H](C)P(c2ccccc2)c2ccccc2)O1. The van der Waals surface area contributed by atoms with Crippen molar-refractivity contribution in [2.75, 3.05) is 0 Å². The molecule has 2 aromatic carbocycles. The Bertz CT molecular complexity index is 633. The van der Waals surface area contributed by atoms with Crippen LogP contribution in [0.4, 0.5) is 0 Å². The van der Waals surface area contributed by atoms with E-state index in [1.54, 1.807) is 0 Å². The van der Waals surface area contributed by atoms with Gasteiger partial charge >= 0.3 is 8.60 Å². The quantitative estimate of drug-likeness (QED) is 0.551. The molecule has 0 unspecified atom stereocenters. The summed E-state index contributed by atoms with van der Waals surface area (Å²) in [5.74, 6) is 0. The van der Waals surface area contributed by atoms with E-state index in [1.807, 2.05) is 0 Å². The zero-order valence-electron chi connectivity index (χ0n) is 16.6. The molecule has 0 aromatic heterocycles. The van der Waals surface area contributed by atoms with Gasteiger partial charge in [-0.1, -0.05) is 67.6 Å². The number of hydrogen-bond acceptors (Lipinski definition) is 3. The monoisotopic (exact) mass is 404 g/mol. The summed E-state index contributed by atoms with van der Waals surface area (Å²) in [7, 11) is -1.68. The molecule has 4 atom stereocenters. The minimum Gasteiger partial charge on any atom is -0.309 e. The van der Waals surface area contributed by atoms with E-state index in [0.717, 1.165) is 12.8 Å². The highest BCUT2D eigenvalue weighted by molar-refractivity contribution is 7.73. The zero-order valence-corrected chi connectivity index (χ0v) is 18.4. The Kier molecular flexibility index (Phi) is 7.82. The first-order valence-electron chi connectivity index (χ1n) is 9.72. The van der Waals surface area contributed by atoms with Gasteiger partial charge in [0.2, 0.25) is 0 Å². The first-order valence-corrected chi connectivity index (χ1v) is 12.2. The van der Waals surface area contributed by atoms with Crippen molar-refractivity contribution < 1.29 is 13.6 Å². The van der Waals surface area contributed by atoms with Crippen LogP contribution in [0.1, 0.15) is 40.5 Å². The van der Waals surface area contributed by atoms with Gasteiger partial charge in [0.15, 0.2) is 0 Å². The molecule has 27 heavy (non-hydrogen) atoms. The van der Waals surface area contributed by atoms with E-state index in [2.05, 4.69) is 88.4 Å². The molecule has 3 rings (SSSR count). The van der Waals surface area contributed by atoms with E-state index in [0.29, 0.717) is 5.66 Å². The second kappa shape index (κ2) is 10.1. The summed E-state index contributed by atoms with van der Waals surface area (Å²) < 4.78 is 17.9. The summed E-state index contributed by atoms with van der Waals surface area (Å²) in [6.07, 6.45) is 2.41. The van der Waals surface area contributed by atoms with E-state index in [9.17, 15) is 0 Å². The van der Waals surface area contributed by atoms with Crippen LogP contribution >= 0.6 is 16.5 Å². The van der Waals surface area contributed by atoms with Crippen LogP contribution in [0.5, 0.6) is 0 Å². The molecule has 2 aromatic rings. The van der Waals surface area contributed by atoms with Gasteiger partial charge in [0.1, 0.15) is 0 Å². The van der Waals surface area contributed by atoms with Crippen molar-refractivity contribution in [1.29, 1.82) is 0 Å². The Morgan fingerprint density at radius 3 is 1.89 bits per heavy atom. The fourth-order valence-corrected chi connectivity index (χ4v) is 7.63. The third-order valence-corrected chi connectivity index (χ3v) is 9.04. The standard InChI is InChI=1S/C22H30O3P2/c1-17-15-18(2)24-27(23-17)25-19(3)16-20(4)26(21-11-7-5-8-12-21)22-13-9-6-10-14-22/h5-14,17-20H,15-16H2,1-4H3/t17-,18-,19+,20+/m1/s1.